The lowest BCUT2D eigenvalue weighted by Gasteiger charge is -2.10. The van der Waals surface area contributed by atoms with E-state index in [-0.39, 0.29) is 20.6 Å². The Balaban J connectivity index is 2.37. The fraction of sp³-hybridized carbons (Fsp3) is 0.143. The number of halogens is 2. The zero-order valence-electron chi connectivity index (χ0n) is 11.9. The topological polar surface area (TPSA) is 89.3 Å². The molecule has 0 unspecified atom stereocenters. The minimum atomic E-state index is -3.87. The number of nitrogens with one attached hydrogen (secondary N) is 1. The minimum Gasteiger partial charge on any atom is -0.278 e. The third-order valence-electron chi connectivity index (χ3n) is 3.12. The highest BCUT2D eigenvalue weighted by Crippen LogP contribution is 2.34. The van der Waals surface area contributed by atoms with Crippen LogP contribution in [0.3, 0.4) is 0 Å². The number of nitrogens with zero attached hydrogens (tertiary/aromatic N) is 1. The normalized spacial score (nSPS) is 11.3. The molecule has 0 atom stereocenters. The molecule has 23 heavy (non-hydrogen) atoms. The van der Waals surface area contributed by atoms with Gasteiger partial charge in [0.15, 0.2) is 0 Å². The quantitative estimate of drug-likeness (QED) is 0.624. The highest BCUT2D eigenvalue weighted by atomic mass is 35.5. The van der Waals surface area contributed by atoms with Crippen molar-refractivity contribution < 1.29 is 13.3 Å². The molecule has 2 rings (SSSR count). The van der Waals surface area contributed by atoms with Crippen molar-refractivity contribution in [3.05, 3.63) is 62.1 Å². The lowest BCUT2D eigenvalue weighted by molar-refractivity contribution is -0.384. The Morgan fingerprint density at radius 2 is 1.74 bits per heavy atom. The first-order valence-corrected chi connectivity index (χ1v) is 8.73. The fourth-order valence-corrected chi connectivity index (χ4v) is 3.43. The van der Waals surface area contributed by atoms with Crippen molar-refractivity contribution in [3.63, 3.8) is 0 Å². The SMILES string of the molecule is CCc1ccc(S(=O)(=O)Nc2cc(Cl)c([N+](=O)[O-])cc2Cl)cc1. The first-order valence-electron chi connectivity index (χ1n) is 6.50. The van der Waals surface area contributed by atoms with Crippen LogP contribution in [0.25, 0.3) is 0 Å². The summed E-state index contributed by atoms with van der Waals surface area (Å²) in [6.07, 6.45) is 0.789. The van der Waals surface area contributed by atoms with Gasteiger partial charge in [0.25, 0.3) is 15.7 Å². The molecule has 0 aliphatic rings. The third-order valence-corrected chi connectivity index (χ3v) is 5.12. The number of rotatable bonds is 5. The van der Waals surface area contributed by atoms with Crippen LogP contribution in [0.5, 0.6) is 0 Å². The Labute approximate surface area is 143 Å². The minimum absolute atomic E-state index is 0.0261. The van der Waals surface area contributed by atoms with E-state index in [1.165, 1.54) is 12.1 Å². The maximum absolute atomic E-state index is 12.3. The molecular formula is C14H12Cl2N2O4S. The van der Waals surface area contributed by atoms with E-state index in [0.717, 1.165) is 24.1 Å². The number of hydrogen-bond donors (Lipinski definition) is 1. The van der Waals surface area contributed by atoms with Gasteiger partial charge in [-0.05, 0) is 30.2 Å². The summed E-state index contributed by atoms with van der Waals surface area (Å²) in [6.45, 7) is 1.96. The van der Waals surface area contributed by atoms with Gasteiger partial charge in [0.2, 0.25) is 0 Å². The number of nitro benzene ring substituents is 1. The number of benzene rings is 2. The molecule has 2 aromatic rings. The first-order chi connectivity index (χ1) is 10.7. The molecule has 9 heteroatoms. The average Bonchev–Trinajstić information content (AvgIpc) is 2.50. The number of anilines is 1. The predicted molar refractivity (Wildman–Crippen MR) is 89.7 cm³/mol. The lowest BCUT2D eigenvalue weighted by Crippen LogP contribution is -2.13. The zero-order chi connectivity index (χ0) is 17.2. The van der Waals surface area contributed by atoms with Gasteiger partial charge in [-0.3, -0.25) is 14.8 Å². The van der Waals surface area contributed by atoms with E-state index in [9.17, 15) is 18.5 Å². The molecule has 0 radical (unpaired) electrons. The van der Waals surface area contributed by atoms with E-state index in [4.69, 9.17) is 23.2 Å². The van der Waals surface area contributed by atoms with Gasteiger partial charge in [-0.15, -0.1) is 0 Å². The molecule has 122 valence electrons. The van der Waals surface area contributed by atoms with E-state index in [1.807, 2.05) is 6.92 Å². The van der Waals surface area contributed by atoms with E-state index in [2.05, 4.69) is 4.72 Å². The summed E-state index contributed by atoms with van der Waals surface area (Å²) in [4.78, 5) is 10.1. The second kappa shape index (κ2) is 6.74. The molecule has 0 amide bonds. The summed E-state index contributed by atoms with van der Waals surface area (Å²) in [7, 11) is -3.87. The summed E-state index contributed by atoms with van der Waals surface area (Å²) >= 11 is 11.7. The summed E-state index contributed by atoms with van der Waals surface area (Å²) in [5.74, 6) is 0. The molecule has 0 fully saturated rings. The van der Waals surface area contributed by atoms with Gasteiger partial charge in [0, 0.05) is 6.07 Å². The van der Waals surface area contributed by atoms with Gasteiger partial charge in [-0.25, -0.2) is 8.42 Å². The Bertz CT molecular complexity index is 852. The Kier molecular flexibility index (Phi) is 5.13. The maximum Gasteiger partial charge on any atom is 0.289 e. The molecule has 1 N–H and O–H groups in total. The van der Waals surface area contributed by atoms with Crippen molar-refractivity contribution in [1.29, 1.82) is 0 Å². The van der Waals surface area contributed by atoms with Crippen molar-refractivity contribution >= 4 is 44.6 Å². The van der Waals surface area contributed by atoms with Gasteiger partial charge in [-0.1, -0.05) is 42.3 Å². The van der Waals surface area contributed by atoms with E-state index in [1.54, 1.807) is 12.1 Å². The van der Waals surface area contributed by atoms with Gasteiger partial charge in [-0.2, -0.15) is 0 Å². The molecule has 0 aliphatic heterocycles. The van der Waals surface area contributed by atoms with Crippen molar-refractivity contribution in [2.45, 2.75) is 18.2 Å². The number of nitro groups is 1. The number of aryl methyl sites for hydroxylation is 1. The largest absolute Gasteiger partial charge is 0.289 e. The average molecular weight is 375 g/mol. The molecule has 0 aliphatic carbocycles. The molecule has 0 saturated heterocycles. The molecule has 2 aromatic carbocycles. The zero-order valence-corrected chi connectivity index (χ0v) is 14.2. The predicted octanol–water partition coefficient (Wildman–Crippen LogP) is 4.26. The lowest BCUT2D eigenvalue weighted by atomic mass is 10.2. The number of sulfonamides is 1. The summed E-state index contributed by atoms with van der Waals surface area (Å²) in [6, 6.07) is 8.48. The Morgan fingerprint density at radius 3 is 2.26 bits per heavy atom. The molecule has 0 heterocycles. The molecule has 0 saturated carbocycles. The molecular weight excluding hydrogens is 363 g/mol. The summed E-state index contributed by atoms with van der Waals surface area (Å²) < 4.78 is 27.0. The van der Waals surface area contributed by atoms with Gasteiger partial charge < -0.3 is 0 Å². The van der Waals surface area contributed by atoms with Crippen molar-refractivity contribution in [2.75, 3.05) is 4.72 Å². The standard InChI is InChI=1S/C14H12Cl2N2O4S/c1-2-9-3-5-10(6-4-9)23(21,22)17-13-7-12(16)14(18(19)20)8-11(13)15/h3-8,17H,2H2,1H3. The summed E-state index contributed by atoms with van der Waals surface area (Å²) in [5, 5.41) is 10.5. The van der Waals surface area contributed by atoms with E-state index in [0.29, 0.717) is 0 Å². The Morgan fingerprint density at radius 1 is 1.13 bits per heavy atom. The monoisotopic (exact) mass is 374 g/mol. The van der Waals surface area contributed by atoms with Crippen LogP contribution < -0.4 is 4.72 Å². The molecule has 0 aromatic heterocycles. The fourth-order valence-electron chi connectivity index (χ4n) is 1.86. The molecule has 0 bridgehead atoms. The van der Waals surface area contributed by atoms with E-state index < -0.39 is 20.6 Å². The maximum atomic E-state index is 12.3. The third kappa shape index (κ3) is 3.93. The van der Waals surface area contributed by atoms with Gasteiger partial charge in [0.05, 0.1) is 20.5 Å². The van der Waals surface area contributed by atoms with Crippen LogP contribution in [0.2, 0.25) is 10.0 Å². The van der Waals surface area contributed by atoms with Crippen LogP contribution in [-0.4, -0.2) is 13.3 Å². The number of hydrogen-bond acceptors (Lipinski definition) is 4. The molecule has 6 nitrogen and oxygen atoms in total. The van der Waals surface area contributed by atoms with Gasteiger partial charge >= 0.3 is 0 Å². The highest BCUT2D eigenvalue weighted by Gasteiger charge is 2.20. The van der Waals surface area contributed by atoms with Crippen LogP contribution in [0, 0.1) is 10.1 Å². The molecule has 0 spiro atoms. The van der Waals surface area contributed by atoms with Crippen molar-refractivity contribution in [1.82, 2.24) is 0 Å². The summed E-state index contributed by atoms with van der Waals surface area (Å²) in [5.41, 5.74) is 0.578. The highest BCUT2D eigenvalue weighted by molar-refractivity contribution is 7.92. The van der Waals surface area contributed by atoms with Crippen LogP contribution in [0.4, 0.5) is 11.4 Å². The smallest absolute Gasteiger partial charge is 0.278 e. The first kappa shape index (κ1) is 17.5. The van der Waals surface area contributed by atoms with Crippen LogP contribution in [0.1, 0.15) is 12.5 Å². The van der Waals surface area contributed by atoms with Gasteiger partial charge in [0.1, 0.15) is 5.02 Å². The van der Waals surface area contributed by atoms with Crippen LogP contribution >= 0.6 is 23.2 Å². The van der Waals surface area contributed by atoms with Crippen molar-refractivity contribution in [2.24, 2.45) is 0 Å². The second-order valence-electron chi connectivity index (χ2n) is 4.64. The van der Waals surface area contributed by atoms with Crippen molar-refractivity contribution in [3.8, 4) is 0 Å². The van der Waals surface area contributed by atoms with Crippen LogP contribution in [-0.2, 0) is 16.4 Å². The van der Waals surface area contributed by atoms with Crippen LogP contribution in [0.15, 0.2) is 41.3 Å². The Hall–Kier alpha value is -1.83. The van der Waals surface area contributed by atoms with E-state index >= 15 is 0 Å². The second-order valence-corrected chi connectivity index (χ2v) is 7.14.